The molecule has 0 fully saturated rings. The monoisotopic (exact) mass is 259 g/mol. The van der Waals surface area contributed by atoms with Crippen molar-refractivity contribution in [3.05, 3.63) is 24.3 Å². The average molecular weight is 260 g/mol. The van der Waals surface area contributed by atoms with E-state index in [9.17, 15) is 0 Å². The van der Waals surface area contributed by atoms with Gasteiger partial charge in [0, 0.05) is 0 Å². The molecule has 0 saturated heterocycles. The third-order valence-electron chi connectivity index (χ3n) is 0.586. The van der Waals surface area contributed by atoms with Crippen molar-refractivity contribution >= 4 is 7.28 Å². The van der Waals surface area contributed by atoms with Gasteiger partial charge in [-0.15, -0.1) is 6.42 Å². The van der Waals surface area contributed by atoms with Crippen LogP contribution in [0.25, 0.3) is 0 Å². The fraction of sp³-hybridized carbons (Fsp3) is 0.429. The number of hydrogen-bond acceptors (Lipinski definition) is 0. The van der Waals surface area contributed by atoms with Crippen molar-refractivity contribution in [2.24, 2.45) is 0 Å². The van der Waals surface area contributed by atoms with Gasteiger partial charge in [-0.05, 0) is 0 Å². The van der Waals surface area contributed by atoms with E-state index < -0.39 is 0 Å². The standard InChI is InChI=1S/C5H5.C2H6B.3ClH.Ti/c1-2-4-5-3-1;1-3-2;;;;/h1-3H,4H2;1-2H3;3*1H;/q-1;;;;;+4/p-3. The molecule has 12 heavy (non-hydrogen) atoms. The van der Waals surface area contributed by atoms with Crippen LogP contribution in [0.2, 0.25) is 13.6 Å². The summed E-state index contributed by atoms with van der Waals surface area (Å²) in [5.74, 6) is 0. The summed E-state index contributed by atoms with van der Waals surface area (Å²) < 4.78 is 0. The third-order valence-corrected chi connectivity index (χ3v) is 0.586. The molecule has 0 bridgehead atoms. The van der Waals surface area contributed by atoms with Gasteiger partial charge in [0.2, 0.25) is 0 Å². The number of hydrogen-bond donors (Lipinski definition) is 0. The number of allylic oxidation sites excluding steroid dienone is 4. The van der Waals surface area contributed by atoms with Crippen molar-refractivity contribution in [3.8, 4) is 0 Å². The first kappa shape index (κ1) is 29.2. The van der Waals surface area contributed by atoms with E-state index >= 15 is 0 Å². The molecule has 1 rings (SSSR count). The Morgan fingerprint density at radius 1 is 1.17 bits per heavy atom. The Morgan fingerprint density at radius 2 is 1.58 bits per heavy atom. The molecule has 0 unspecified atom stereocenters. The molecule has 0 heterocycles. The largest absolute Gasteiger partial charge is 4.00 e. The molecule has 0 aliphatic heterocycles. The molecule has 0 aromatic rings. The molecule has 0 spiro atoms. The normalized spacial score (nSPS) is 8.50. The Balaban J connectivity index is -0.0000000219. The van der Waals surface area contributed by atoms with Crippen molar-refractivity contribution in [2.45, 2.75) is 20.1 Å². The summed E-state index contributed by atoms with van der Waals surface area (Å²) in [4.78, 5) is 0. The molecule has 1 radical (unpaired) electrons. The Kier molecular flexibility index (Phi) is 72.0. The van der Waals surface area contributed by atoms with Crippen LogP contribution in [-0.2, 0) is 21.7 Å². The Morgan fingerprint density at radius 3 is 1.67 bits per heavy atom. The Bertz CT molecular complexity index is 86.7. The maximum Gasteiger partial charge on any atom is 4.00 e. The van der Waals surface area contributed by atoms with Gasteiger partial charge in [0.1, 0.15) is 7.28 Å². The summed E-state index contributed by atoms with van der Waals surface area (Å²) in [6.07, 6.45) is 10.0. The molecule has 0 aromatic heterocycles. The van der Waals surface area contributed by atoms with Crippen LogP contribution in [0, 0.1) is 6.08 Å². The first-order valence-corrected chi connectivity index (χ1v) is 2.87. The second-order valence-electron chi connectivity index (χ2n) is 1.58. The summed E-state index contributed by atoms with van der Waals surface area (Å²) in [5, 5.41) is 0. The van der Waals surface area contributed by atoms with Crippen molar-refractivity contribution < 1.29 is 58.9 Å². The Labute approximate surface area is 110 Å². The van der Waals surface area contributed by atoms with E-state index in [2.05, 4.69) is 12.2 Å². The van der Waals surface area contributed by atoms with E-state index in [1.165, 1.54) is 0 Å². The summed E-state index contributed by atoms with van der Waals surface area (Å²) >= 11 is 0. The van der Waals surface area contributed by atoms with Crippen molar-refractivity contribution in [2.75, 3.05) is 0 Å². The molecule has 5 heteroatoms. The first-order valence-electron chi connectivity index (χ1n) is 2.87. The summed E-state index contributed by atoms with van der Waals surface area (Å²) in [7, 11) is 2.00. The number of rotatable bonds is 0. The fourth-order valence-corrected chi connectivity index (χ4v) is 0.340. The van der Waals surface area contributed by atoms with Crippen LogP contribution < -0.4 is 37.2 Å². The molecule has 0 nitrogen and oxygen atoms in total. The predicted molar refractivity (Wildman–Crippen MR) is 39.1 cm³/mol. The van der Waals surface area contributed by atoms with E-state index in [1.54, 1.807) is 0 Å². The topological polar surface area (TPSA) is 0 Å². The maximum absolute atomic E-state index is 2.99. The molecular weight excluding hydrogens is 249 g/mol. The fourth-order valence-electron chi connectivity index (χ4n) is 0.340. The van der Waals surface area contributed by atoms with Gasteiger partial charge in [0.15, 0.2) is 0 Å². The zero-order chi connectivity index (χ0) is 6.24. The Hall–Kier alpha value is 1.13. The van der Waals surface area contributed by atoms with Gasteiger partial charge in [-0.1, -0.05) is 13.6 Å². The number of halogens is 3. The third kappa shape index (κ3) is 30.4. The minimum absolute atomic E-state index is 0. The van der Waals surface area contributed by atoms with Crippen molar-refractivity contribution in [3.63, 3.8) is 0 Å². The van der Waals surface area contributed by atoms with Crippen LogP contribution >= 0.6 is 0 Å². The minimum Gasteiger partial charge on any atom is -1.00 e. The molecule has 1 aliphatic rings. The molecular formula is C7H11BCl3Ti. The molecule has 0 amide bonds. The zero-order valence-electron chi connectivity index (χ0n) is 7.15. The van der Waals surface area contributed by atoms with Gasteiger partial charge in [-0.25, -0.2) is 12.2 Å². The molecule has 0 atom stereocenters. The van der Waals surface area contributed by atoms with E-state index in [4.69, 9.17) is 0 Å². The van der Waals surface area contributed by atoms with Crippen molar-refractivity contribution in [1.29, 1.82) is 0 Å². The van der Waals surface area contributed by atoms with Crippen LogP contribution in [0.1, 0.15) is 6.42 Å². The molecule has 67 valence electrons. The average Bonchev–Trinajstić information content (AvgIpc) is 2.17. The van der Waals surface area contributed by atoms with Gasteiger partial charge in [-0.2, -0.15) is 6.08 Å². The van der Waals surface area contributed by atoms with Crippen LogP contribution in [0.5, 0.6) is 0 Å². The molecule has 0 aromatic carbocycles. The van der Waals surface area contributed by atoms with Gasteiger partial charge in [0.25, 0.3) is 0 Å². The maximum atomic E-state index is 2.99. The minimum atomic E-state index is 0. The molecule has 1 aliphatic carbocycles. The van der Waals surface area contributed by atoms with Gasteiger partial charge < -0.3 is 37.2 Å². The van der Waals surface area contributed by atoms with Crippen LogP contribution in [0.3, 0.4) is 0 Å². The van der Waals surface area contributed by atoms with Gasteiger partial charge in [0.05, 0.1) is 0 Å². The summed E-state index contributed by atoms with van der Waals surface area (Å²) in [6, 6.07) is 0. The van der Waals surface area contributed by atoms with E-state index in [0.29, 0.717) is 0 Å². The van der Waals surface area contributed by atoms with Crippen LogP contribution in [0.4, 0.5) is 0 Å². The quantitative estimate of drug-likeness (QED) is 0.300. The van der Waals surface area contributed by atoms with E-state index in [0.717, 1.165) is 6.42 Å². The smallest absolute Gasteiger partial charge is 1.00 e. The molecule has 0 N–H and O–H groups in total. The van der Waals surface area contributed by atoms with Gasteiger partial charge in [-0.3, -0.25) is 6.08 Å². The van der Waals surface area contributed by atoms with E-state index in [-0.39, 0.29) is 58.9 Å². The van der Waals surface area contributed by atoms with E-state index in [1.807, 2.05) is 33.1 Å². The second-order valence-corrected chi connectivity index (χ2v) is 1.58. The van der Waals surface area contributed by atoms with Crippen molar-refractivity contribution in [1.82, 2.24) is 0 Å². The van der Waals surface area contributed by atoms with Crippen LogP contribution in [-0.4, -0.2) is 7.28 Å². The predicted octanol–water partition coefficient (Wildman–Crippen LogP) is -6.90. The van der Waals surface area contributed by atoms with Gasteiger partial charge >= 0.3 is 21.7 Å². The second kappa shape index (κ2) is 29.6. The summed E-state index contributed by atoms with van der Waals surface area (Å²) in [5.41, 5.74) is 0. The molecule has 0 saturated carbocycles. The SMILES string of the molecule is C[B]C.[C-]1=CC=CC1.[Cl-].[Cl-].[Cl-].[Ti+4]. The van der Waals surface area contributed by atoms with Crippen LogP contribution in [0.15, 0.2) is 18.2 Å². The summed E-state index contributed by atoms with van der Waals surface area (Å²) in [6.45, 7) is 4.00. The first-order chi connectivity index (χ1) is 3.91. The zero-order valence-corrected chi connectivity index (χ0v) is 11.0.